The standard InChI is InChI=1S/C11H12ClNO/c1-2-13-10-6-4-3-5-8(10)9(7-14)11(13)12/h3-7,9,11H,2H2,1H3. The summed E-state index contributed by atoms with van der Waals surface area (Å²) in [5, 5.41) is 0. The van der Waals surface area contributed by atoms with Gasteiger partial charge in [-0.25, -0.2) is 0 Å². The van der Waals surface area contributed by atoms with E-state index in [4.69, 9.17) is 11.6 Å². The van der Waals surface area contributed by atoms with Crippen molar-refractivity contribution in [2.45, 2.75) is 18.3 Å². The van der Waals surface area contributed by atoms with Gasteiger partial charge in [-0.1, -0.05) is 29.8 Å². The topological polar surface area (TPSA) is 20.3 Å². The molecule has 74 valence electrons. The van der Waals surface area contributed by atoms with Crippen LogP contribution in [0.4, 0.5) is 5.69 Å². The summed E-state index contributed by atoms with van der Waals surface area (Å²) in [6.07, 6.45) is 0.937. The average Bonchev–Trinajstić information content (AvgIpc) is 2.49. The third kappa shape index (κ3) is 1.22. The minimum absolute atomic E-state index is 0.187. The highest BCUT2D eigenvalue weighted by Crippen LogP contribution is 2.40. The first kappa shape index (κ1) is 9.53. The number of carbonyl (C=O) groups is 1. The second kappa shape index (κ2) is 3.62. The maximum Gasteiger partial charge on any atom is 0.130 e. The number of para-hydroxylation sites is 1. The highest BCUT2D eigenvalue weighted by atomic mass is 35.5. The Labute approximate surface area is 88.5 Å². The van der Waals surface area contributed by atoms with Crippen LogP contribution < -0.4 is 4.90 Å². The van der Waals surface area contributed by atoms with Crippen LogP contribution in [-0.2, 0) is 4.79 Å². The lowest BCUT2D eigenvalue weighted by molar-refractivity contribution is -0.108. The van der Waals surface area contributed by atoms with Crippen molar-refractivity contribution in [1.29, 1.82) is 0 Å². The number of alkyl halides is 1. The van der Waals surface area contributed by atoms with E-state index in [0.717, 1.165) is 24.1 Å². The van der Waals surface area contributed by atoms with Gasteiger partial charge < -0.3 is 9.69 Å². The normalized spacial score (nSPS) is 24.9. The van der Waals surface area contributed by atoms with Gasteiger partial charge in [0.2, 0.25) is 0 Å². The van der Waals surface area contributed by atoms with Gasteiger partial charge in [0.05, 0.1) is 5.92 Å². The molecule has 0 amide bonds. The molecule has 0 spiro atoms. The number of fused-ring (bicyclic) bond motifs is 1. The summed E-state index contributed by atoms with van der Waals surface area (Å²) in [5.41, 5.74) is 1.91. The quantitative estimate of drug-likeness (QED) is 0.424. The Morgan fingerprint density at radius 2 is 2.21 bits per heavy atom. The predicted octanol–water partition coefficient (Wildman–Crippen LogP) is 2.37. The van der Waals surface area contributed by atoms with Gasteiger partial charge in [0.15, 0.2) is 0 Å². The zero-order valence-electron chi connectivity index (χ0n) is 7.98. The molecule has 0 fully saturated rings. The van der Waals surface area contributed by atoms with E-state index in [2.05, 4.69) is 4.90 Å². The number of rotatable bonds is 2. The molecule has 14 heavy (non-hydrogen) atoms. The van der Waals surface area contributed by atoms with Crippen LogP contribution in [0.1, 0.15) is 18.4 Å². The van der Waals surface area contributed by atoms with Crippen LogP contribution in [0, 0.1) is 0 Å². The van der Waals surface area contributed by atoms with Gasteiger partial charge in [-0.3, -0.25) is 0 Å². The molecule has 1 aliphatic rings. The maximum atomic E-state index is 10.9. The van der Waals surface area contributed by atoms with Gasteiger partial charge in [-0.15, -0.1) is 0 Å². The number of halogens is 1. The highest BCUT2D eigenvalue weighted by Gasteiger charge is 2.35. The van der Waals surface area contributed by atoms with Crippen molar-refractivity contribution in [2.75, 3.05) is 11.4 Å². The van der Waals surface area contributed by atoms with Crippen molar-refractivity contribution in [1.82, 2.24) is 0 Å². The van der Waals surface area contributed by atoms with Gasteiger partial charge in [-0.2, -0.15) is 0 Å². The first-order valence-electron chi connectivity index (χ1n) is 4.74. The monoisotopic (exact) mass is 209 g/mol. The summed E-state index contributed by atoms with van der Waals surface area (Å²) in [6, 6.07) is 7.90. The van der Waals surface area contributed by atoms with Gasteiger partial charge in [0.25, 0.3) is 0 Å². The number of likely N-dealkylation sites (N-methyl/N-ethyl adjacent to an activating group) is 1. The van der Waals surface area contributed by atoms with Gasteiger partial charge in [0.1, 0.15) is 11.8 Å². The van der Waals surface area contributed by atoms with E-state index < -0.39 is 0 Å². The van der Waals surface area contributed by atoms with Crippen LogP contribution in [0.5, 0.6) is 0 Å². The van der Waals surface area contributed by atoms with Gasteiger partial charge in [0, 0.05) is 12.2 Å². The lowest BCUT2D eigenvalue weighted by Gasteiger charge is -2.21. The van der Waals surface area contributed by atoms with Crippen LogP contribution in [-0.4, -0.2) is 18.3 Å². The summed E-state index contributed by atoms with van der Waals surface area (Å²) in [5.74, 6) is -0.187. The van der Waals surface area contributed by atoms with Crippen LogP contribution >= 0.6 is 11.6 Å². The van der Waals surface area contributed by atoms with Crippen LogP contribution in [0.25, 0.3) is 0 Å². The molecule has 1 aliphatic heterocycles. The fourth-order valence-electron chi connectivity index (χ4n) is 1.99. The second-order valence-electron chi connectivity index (χ2n) is 3.38. The lowest BCUT2D eigenvalue weighted by atomic mass is 10.0. The molecule has 1 heterocycles. The molecule has 1 aromatic carbocycles. The van der Waals surface area contributed by atoms with Crippen molar-refractivity contribution in [3.8, 4) is 0 Å². The molecule has 0 bridgehead atoms. The number of carbonyl (C=O) groups excluding carboxylic acids is 1. The second-order valence-corrected chi connectivity index (χ2v) is 3.83. The highest BCUT2D eigenvalue weighted by molar-refractivity contribution is 6.24. The maximum absolute atomic E-state index is 10.9. The first-order chi connectivity index (χ1) is 6.79. The molecule has 3 heteroatoms. The molecule has 0 saturated carbocycles. The number of hydrogen-bond donors (Lipinski definition) is 0. The molecule has 1 aromatic rings. The van der Waals surface area contributed by atoms with Gasteiger partial charge in [-0.05, 0) is 18.6 Å². The molecular weight excluding hydrogens is 198 g/mol. The molecule has 0 aromatic heterocycles. The Kier molecular flexibility index (Phi) is 2.46. The molecular formula is C11H12ClNO. The van der Waals surface area contributed by atoms with E-state index in [1.807, 2.05) is 31.2 Å². The molecule has 0 saturated heterocycles. The largest absolute Gasteiger partial charge is 0.354 e. The lowest BCUT2D eigenvalue weighted by Crippen LogP contribution is -2.29. The van der Waals surface area contributed by atoms with Gasteiger partial charge >= 0.3 is 0 Å². The smallest absolute Gasteiger partial charge is 0.130 e. The molecule has 0 radical (unpaired) electrons. The van der Waals surface area contributed by atoms with E-state index in [1.54, 1.807) is 0 Å². The Hall–Kier alpha value is -1.02. The third-order valence-corrected chi connectivity index (χ3v) is 3.19. The van der Waals surface area contributed by atoms with E-state index in [-0.39, 0.29) is 11.4 Å². The molecule has 2 unspecified atom stereocenters. The van der Waals surface area contributed by atoms with Crippen LogP contribution in [0.15, 0.2) is 24.3 Å². The van der Waals surface area contributed by atoms with Crippen molar-refractivity contribution < 1.29 is 4.79 Å². The Morgan fingerprint density at radius 1 is 1.50 bits per heavy atom. The minimum atomic E-state index is -0.227. The fourth-order valence-corrected chi connectivity index (χ4v) is 2.43. The van der Waals surface area contributed by atoms with E-state index in [9.17, 15) is 4.79 Å². The summed E-state index contributed by atoms with van der Waals surface area (Å²) in [4.78, 5) is 13.0. The number of nitrogens with zero attached hydrogens (tertiary/aromatic N) is 1. The predicted molar refractivity (Wildman–Crippen MR) is 57.9 cm³/mol. The number of aldehydes is 1. The number of hydrogen-bond acceptors (Lipinski definition) is 2. The average molecular weight is 210 g/mol. The molecule has 2 atom stereocenters. The molecule has 2 nitrogen and oxygen atoms in total. The molecule has 0 N–H and O–H groups in total. The third-order valence-electron chi connectivity index (χ3n) is 2.69. The Bertz CT molecular complexity index is 353. The van der Waals surface area contributed by atoms with Crippen molar-refractivity contribution >= 4 is 23.6 Å². The van der Waals surface area contributed by atoms with E-state index in [0.29, 0.717) is 0 Å². The van der Waals surface area contributed by atoms with Crippen molar-refractivity contribution in [2.24, 2.45) is 0 Å². The zero-order chi connectivity index (χ0) is 10.1. The SMILES string of the molecule is CCN1c2ccccc2C(C=O)C1Cl. The Balaban J connectivity index is 2.50. The summed E-state index contributed by atoms with van der Waals surface area (Å²) in [6.45, 7) is 2.87. The molecule has 0 aliphatic carbocycles. The summed E-state index contributed by atoms with van der Waals surface area (Å²) in [7, 11) is 0. The van der Waals surface area contributed by atoms with Crippen molar-refractivity contribution in [3.05, 3.63) is 29.8 Å². The minimum Gasteiger partial charge on any atom is -0.354 e. The fraction of sp³-hybridized carbons (Fsp3) is 0.364. The van der Waals surface area contributed by atoms with E-state index >= 15 is 0 Å². The van der Waals surface area contributed by atoms with Crippen LogP contribution in [0.2, 0.25) is 0 Å². The summed E-state index contributed by atoms with van der Waals surface area (Å²) >= 11 is 6.20. The summed E-state index contributed by atoms with van der Waals surface area (Å²) < 4.78 is 0. The first-order valence-corrected chi connectivity index (χ1v) is 5.18. The molecule has 2 rings (SSSR count). The van der Waals surface area contributed by atoms with Crippen molar-refractivity contribution in [3.63, 3.8) is 0 Å². The number of benzene rings is 1. The zero-order valence-corrected chi connectivity index (χ0v) is 8.74. The Morgan fingerprint density at radius 3 is 2.86 bits per heavy atom. The van der Waals surface area contributed by atoms with E-state index in [1.165, 1.54) is 0 Å². The number of anilines is 1. The van der Waals surface area contributed by atoms with Crippen LogP contribution in [0.3, 0.4) is 0 Å².